The van der Waals surface area contributed by atoms with E-state index in [1.807, 2.05) is 39.0 Å². The molecule has 1 heterocycles. The normalized spacial score (nSPS) is 11.0. The molecule has 184 valence electrons. The number of aromatic nitrogens is 2. The van der Waals surface area contributed by atoms with Crippen molar-refractivity contribution in [2.24, 2.45) is 5.10 Å². The number of hydrogen-bond donors (Lipinski definition) is 1. The van der Waals surface area contributed by atoms with E-state index in [4.69, 9.17) is 32.7 Å². The zero-order chi connectivity index (χ0) is 25.4. The molecular formula is C24H23BrCl2N4O3S. The average molecular weight is 598 g/mol. The van der Waals surface area contributed by atoms with Gasteiger partial charge in [0.25, 0.3) is 5.91 Å². The van der Waals surface area contributed by atoms with Gasteiger partial charge >= 0.3 is 0 Å². The van der Waals surface area contributed by atoms with Crippen LogP contribution in [-0.2, 0) is 11.4 Å². The van der Waals surface area contributed by atoms with Gasteiger partial charge in [0.05, 0.1) is 33.1 Å². The summed E-state index contributed by atoms with van der Waals surface area (Å²) in [6.45, 7) is 6.39. The first-order valence-electron chi connectivity index (χ1n) is 10.5. The third-order valence-corrected chi connectivity index (χ3v) is 6.57. The fourth-order valence-electron chi connectivity index (χ4n) is 2.95. The van der Waals surface area contributed by atoms with Crippen LogP contribution in [0.5, 0.6) is 11.5 Å². The minimum absolute atomic E-state index is 0.148. The van der Waals surface area contributed by atoms with Gasteiger partial charge in [-0.05, 0) is 78.2 Å². The van der Waals surface area contributed by atoms with Gasteiger partial charge in [-0.3, -0.25) is 4.79 Å². The topological polar surface area (TPSA) is 85.7 Å². The summed E-state index contributed by atoms with van der Waals surface area (Å²) >= 11 is 16.9. The van der Waals surface area contributed by atoms with E-state index in [-0.39, 0.29) is 18.3 Å². The number of halogens is 3. The van der Waals surface area contributed by atoms with Crippen LogP contribution in [0.3, 0.4) is 0 Å². The second kappa shape index (κ2) is 13.1. The van der Waals surface area contributed by atoms with Gasteiger partial charge in [0.15, 0.2) is 16.7 Å². The van der Waals surface area contributed by atoms with Crippen molar-refractivity contribution >= 4 is 63.0 Å². The van der Waals surface area contributed by atoms with Crippen LogP contribution >= 0.6 is 50.9 Å². The summed E-state index contributed by atoms with van der Waals surface area (Å²) in [5.74, 6) is 0.969. The molecule has 0 bridgehead atoms. The summed E-state index contributed by atoms with van der Waals surface area (Å²) in [5, 5.41) is 5.56. The molecule has 0 fully saturated rings. The molecule has 0 unspecified atom stereocenters. The lowest BCUT2D eigenvalue weighted by Crippen LogP contribution is -2.19. The summed E-state index contributed by atoms with van der Waals surface area (Å²) in [6, 6.07) is 10.8. The number of hydrazone groups is 1. The molecule has 35 heavy (non-hydrogen) atoms. The van der Waals surface area contributed by atoms with Crippen LogP contribution in [0.2, 0.25) is 10.0 Å². The lowest BCUT2D eigenvalue weighted by molar-refractivity contribution is -0.118. The predicted octanol–water partition coefficient (Wildman–Crippen LogP) is 6.38. The summed E-state index contributed by atoms with van der Waals surface area (Å²) in [4.78, 5) is 20.8. The Bertz CT molecular complexity index is 1220. The van der Waals surface area contributed by atoms with E-state index < -0.39 is 0 Å². The van der Waals surface area contributed by atoms with E-state index in [2.05, 4.69) is 36.4 Å². The number of thioether (sulfide) groups is 1. The number of hydrogen-bond acceptors (Lipinski definition) is 7. The van der Waals surface area contributed by atoms with E-state index in [0.29, 0.717) is 43.3 Å². The van der Waals surface area contributed by atoms with Crippen molar-refractivity contribution in [1.29, 1.82) is 0 Å². The molecule has 0 aliphatic rings. The maximum Gasteiger partial charge on any atom is 0.250 e. The summed E-state index contributed by atoms with van der Waals surface area (Å²) in [7, 11) is 0. The number of nitrogens with zero attached hydrogens (tertiary/aromatic N) is 3. The second-order valence-electron chi connectivity index (χ2n) is 7.32. The van der Waals surface area contributed by atoms with Gasteiger partial charge in [-0.1, -0.05) is 41.0 Å². The third-order valence-electron chi connectivity index (χ3n) is 4.40. The van der Waals surface area contributed by atoms with Crippen molar-refractivity contribution in [3.05, 3.63) is 73.4 Å². The van der Waals surface area contributed by atoms with E-state index in [1.165, 1.54) is 18.0 Å². The predicted molar refractivity (Wildman–Crippen MR) is 144 cm³/mol. The smallest absolute Gasteiger partial charge is 0.250 e. The number of ether oxygens (including phenoxy) is 2. The van der Waals surface area contributed by atoms with Gasteiger partial charge < -0.3 is 9.47 Å². The molecule has 1 N–H and O–H groups in total. The molecule has 0 spiro atoms. The molecule has 7 nitrogen and oxygen atoms in total. The molecule has 0 aliphatic heterocycles. The van der Waals surface area contributed by atoms with Crippen molar-refractivity contribution in [3.63, 3.8) is 0 Å². The highest BCUT2D eigenvalue weighted by Crippen LogP contribution is 2.37. The fourth-order valence-corrected chi connectivity index (χ4v) is 4.59. The molecule has 0 radical (unpaired) electrons. The quantitative estimate of drug-likeness (QED) is 0.126. The van der Waals surface area contributed by atoms with E-state index >= 15 is 0 Å². The number of amides is 1. The summed E-state index contributed by atoms with van der Waals surface area (Å²) in [5.41, 5.74) is 5.82. The Hall–Kier alpha value is -2.33. The van der Waals surface area contributed by atoms with Crippen LogP contribution < -0.4 is 14.9 Å². The van der Waals surface area contributed by atoms with Crippen LogP contribution in [0.15, 0.2) is 51.1 Å². The Labute approximate surface area is 226 Å². The summed E-state index contributed by atoms with van der Waals surface area (Å²) < 4.78 is 12.4. The van der Waals surface area contributed by atoms with Crippen molar-refractivity contribution < 1.29 is 14.3 Å². The Morgan fingerprint density at radius 1 is 1.11 bits per heavy atom. The first-order chi connectivity index (χ1) is 16.7. The highest BCUT2D eigenvalue weighted by Gasteiger charge is 2.13. The number of carbonyl (C=O) groups excluding carboxylic acids is 1. The minimum atomic E-state index is -0.264. The zero-order valence-corrected chi connectivity index (χ0v) is 23.2. The molecule has 2 aromatic carbocycles. The molecule has 0 aliphatic carbocycles. The van der Waals surface area contributed by atoms with Gasteiger partial charge in [0.2, 0.25) is 0 Å². The van der Waals surface area contributed by atoms with Gasteiger partial charge in [0.1, 0.15) is 6.61 Å². The largest absolute Gasteiger partial charge is 0.490 e. The van der Waals surface area contributed by atoms with Crippen molar-refractivity contribution in [1.82, 2.24) is 15.4 Å². The van der Waals surface area contributed by atoms with E-state index in [9.17, 15) is 4.79 Å². The molecule has 11 heteroatoms. The van der Waals surface area contributed by atoms with Crippen LogP contribution in [0.4, 0.5) is 0 Å². The number of benzene rings is 2. The maximum atomic E-state index is 12.2. The molecule has 0 saturated carbocycles. The lowest BCUT2D eigenvalue weighted by Gasteiger charge is -2.15. The molecule has 1 amide bonds. The highest BCUT2D eigenvalue weighted by molar-refractivity contribution is 9.10. The zero-order valence-electron chi connectivity index (χ0n) is 19.3. The van der Waals surface area contributed by atoms with Crippen molar-refractivity contribution in [2.75, 3.05) is 12.4 Å². The Kier molecular flexibility index (Phi) is 10.2. The van der Waals surface area contributed by atoms with Crippen molar-refractivity contribution in [2.45, 2.75) is 32.5 Å². The highest BCUT2D eigenvalue weighted by atomic mass is 79.9. The Morgan fingerprint density at radius 2 is 1.86 bits per heavy atom. The standard InChI is InChI=1S/C24H23BrCl2N4O3S/c1-4-33-21-10-17(8-18(25)23(21)34-12-16-5-6-19(26)20(27)9-16)11-28-31-22(32)13-35-24-29-14(2)7-15(3)30-24/h5-11H,4,12-13H2,1-3H3,(H,31,32)/b28-11-. The molecule has 0 atom stereocenters. The number of carbonyl (C=O) groups is 1. The Balaban J connectivity index is 1.62. The fraction of sp³-hybridized carbons (Fsp3) is 0.250. The van der Waals surface area contributed by atoms with Crippen LogP contribution in [0.25, 0.3) is 0 Å². The van der Waals surface area contributed by atoms with Crippen LogP contribution in [-0.4, -0.2) is 34.4 Å². The van der Waals surface area contributed by atoms with Crippen molar-refractivity contribution in [3.8, 4) is 11.5 Å². The lowest BCUT2D eigenvalue weighted by atomic mass is 10.2. The summed E-state index contributed by atoms with van der Waals surface area (Å²) in [6.07, 6.45) is 1.53. The number of rotatable bonds is 10. The third kappa shape index (κ3) is 8.38. The monoisotopic (exact) mass is 596 g/mol. The molecule has 3 aromatic rings. The SMILES string of the molecule is CCOc1cc(/C=N\NC(=O)CSc2nc(C)cc(C)n2)cc(Br)c1OCc1ccc(Cl)c(Cl)c1. The molecule has 3 rings (SSSR count). The van der Waals surface area contributed by atoms with Gasteiger partial charge in [-0.25, -0.2) is 15.4 Å². The second-order valence-corrected chi connectivity index (χ2v) is 9.93. The number of nitrogens with one attached hydrogen (secondary N) is 1. The Morgan fingerprint density at radius 3 is 2.54 bits per heavy atom. The van der Waals surface area contributed by atoms with E-state index in [0.717, 1.165) is 17.0 Å². The first kappa shape index (κ1) is 27.3. The average Bonchev–Trinajstić information content (AvgIpc) is 2.79. The van der Waals surface area contributed by atoms with Gasteiger partial charge in [-0.2, -0.15) is 5.10 Å². The first-order valence-corrected chi connectivity index (χ1v) is 13.1. The molecule has 0 saturated heterocycles. The van der Waals surface area contributed by atoms with Crippen LogP contribution in [0, 0.1) is 13.8 Å². The molecular weight excluding hydrogens is 575 g/mol. The van der Waals surface area contributed by atoms with Crippen LogP contribution in [0.1, 0.15) is 29.4 Å². The maximum absolute atomic E-state index is 12.2. The van der Waals surface area contributed by atoms with Gasteiger partial charge in [0, 0.05) is 11.4 Å². The van der Waals surface area contributed by atoms with E-state index in [1.54, 1.807) is 18.2 Å². The minimum Gasteiger partial charge on any atom is -0.490 e. The number of aryl methyl sites for hydroxylation is 2. The molecule has 1 aromatic heterocycles. The van der Waals surface area contributed by atoms with Gasteiger partial charge in [-0.15, -0.1) is 0 Å².